The molecule has 0 bridgehead atoms. The summed E-state index contributed by atoms with van der Waals surface area (Å²) in [6, 6.07) is 4.09. The van der Waals surface area contributed by atoms with Gasteiger partial charge in [0.1, 0.15) is 0 Å². The average Bonchev–Trinajstić information content (AvgIpc) is 2.37. The van der Waals surface area contributed by atoms with Crippen LogP contribution in [0.15, 0.2) is 24.5 Å². The third-order valence-electron chi connectivity index (χ3n) is 2.92. The molecule has 0 aromatic carbocycles. The molecule has 1 aromatic rings. The third-order valence-corrected chi connectivity index (χ3v) is 2.92. The van der Waals surface area contributed by atoms with Crippen LogP contribution in [-0.2, 0) is 17.9 Å². The van der Waals surface area contributed by atoms with E-state index in [1.54, 1.807) is 4.90 Å². The molecular formula is C15H25ClN2O2. The molecule has 0 aliphatic carbocycles. The maximum absolute atomic E-state index is 11.7. The van der Waals surface area contributed by atoms with Crippen molar-refractivity contribution in [1.29, 1.82) is 0 Å². The zero-order chi connectivity index (χ0) is 14.3. The van der Waals surface area contributed by atoms with Crippen molar-refractivity contribution in [3.8, 4) is 0 Å². The van der Waals surface area contributed by atoms with Gasteiger partial charge in [-0.25, -0.2) is 4.79 Å². The predicted octanol–water partition coefficient (Wildman–Crippen LogP) is -0.387. The second-order valence-corrected chi connectivity index (χ2v) is 5.04. The topological polar surface area (TPSA) is 33.4 Å². The van der Waals surface area contributed by atoms with E-state index in [-0.39, 0.29) is 25.2 Å². The highest BCUT2D eigenvalue weighted by molar-refractivity contribution is 5.67. The Bertz CT molecular complexity index is 407. The fourth-order valence-corrected chi connectivity index (χ4v) is 1.95. The van der Waals surface area contributed by atoms with Gasteiger partial charge in [-0.2, -0.15) is 4.57 Å². The van der Waals surface area contributed by atoms with Gasteiger partial charge in [0, 0.05) is 24.7 Å². The lowest BCUT2D eigenvalue weighted by atomic mass is 10.1. The fraction of sp³-hybridized carbons (Fsp3) is 0.600. The lowest BCUT2D eigenvalue weighted by Crippen LogP contribution is -3.00. The molecule has 0 aliphatic heterocycles. The van der Waals surface area contributed by atoms with E-state index in [0.717, 1.165) is 6.42 Å². The fourth-order valence-electron chi connectivity index (χ4n) is 1.95. The van der Waals surface area contributed by atoms with Crippen molar-refractivity contribution >= 4 is 6.09 Å². The number of rotatable bonds is 6. The summed E-state index contributed by atoms with van der Waals surface area (Å²) in [6.07, 6.45) is 4.73. The van der Waals surface area contributed by atoms with Crippen molar-refractivity contribution in [2.24, 2.45) is 5.92 Å². The number of carbonyl (C=O) groups is 1. The standard InChI is InChI=1S/C15H25N2O2.ClH/c1-5-17(6-2)15(18)19-12-16-9-7-8-14(11-16)10-13(3)4;/h7-9,11,13H,5-6,10,12H2,1-4H3;1H/q+1;/p-1. The minimum Gasteiger partial charge on any atom is -1.00 e. The molecule has 5 heteroatoms. The molecule has 0 radical (unpaired) electrons. The Morgan fingerprint density at radius 3 is 2.55 bits per heavy atom. The quantitative estimate of drug-likeness (QED) is 0.671. The summed E-state index contributed by atoms with van der Waals surface area (Å²) >= 11 is 0. The van der Waals surface area contributed by atoms with Crippen molar-refractivity contribution < 1.29 is 26.5 Å². The van der Waals surface area contributed by atoms with Gasteiger partial charge in [-0.1, -0.05) is 13.8 Å². The molecule has 1 rings (SSSR count). The van der Waals surface area contributed by atoms with E-state index >= 15 is 0 Å². The van der Waals surface area contributed by atoms with Gasteiger partial charge in [0.15, 0.2) is 12.4 Å². The Balaban J connectivity index is 0.00000361. The Hall–Kier alpha value is -1.29. The first-order chi connectivity index (χ1) is 9.06. The summed E-state index contributed by atoms with van der Waals surface area (Å²) in [5.41, 5.74) is 1.26. The Morgan fingerprint density at radius 2 is 2.00 bits per heavy atom. The Labute approximate surface area is 128 Å². The minimum absolute atomic E-state index is 0. The van der Waals surface area contributed by atoms with Crippen LogP contribution < -0.4 is 17.0 Å². The lowest BCUT2D eigenvalue weighted by Gasteiger charge is -2.16. The molecule has 114 valence electrons. The van der Waals surface area contributed by atoms with Crippen molar-refractivity contribution in [2.45, 2.75) is 40.8 Å². The van der Waals surface area contributed by atoms with Crippen LogP contribution in [0.1, 0.15) is 33.3 Å². The molecule has 4 nitrogen and oxygen atoms in total. The maximum atomic E-state index is 11.7. The summed E-state index contributed by atoms with van der Waals surface area (Å²) in [5.74, 6) is 0.620. The first kappa shape index (κ1) is 18.7. The van der Waals surface area contributed by atoms with Gasteiger partial charge < -0.3 is 22.0 Å². The number of halogens is 1. The van der Waals surface area contributed by atoms with Crippen LogP contribution in [0.25, 0.3) is 0 Å². The van der Waals surface area contributed by atoms with Crippen LogP contribution in [0, 0.1) is 5.92 Å². The number of hydrogen-bond donors (Lipinski definition) is 0. The molecule has 20 heavy (non-hydrogen) atoms. The minimum atomic E-state index is -0.258. The summed E-state index contributed by atoms with van der Waals surface area (Å²) in [5, 5.41) is 0. The Kier molecular flexibility index (Phi) is 8.97. The Morgan fingerprint density at radius 1 is 1.35 bits per heavy atom. The monoisotopic (exact) mass is 300 g/mol. The van der Waals surface area contributed by atoms with Crippen LogP contribution in [0.5, 0.6) is 0 Å². The van der Waals surface area contributed by atoms with Crippen molar-refractivity contribution in [1.82, 2.24) is 4.90 Å². The highest BCUT2D eigenvalue weighted by Crippen LogP contribution is 2.04. The van der Waals surface area contributed by atoms with Gasteiger partial charge in [0.2, 0.25) is 0 Å². The van der Waals surface area contributed by atoms with Crippen molar-refractivity contribution in [3.63, 3.8) is 0 Å². The molecule has 0 N–H and O–H groups in total. The van der Waals surface area contributed by atoms with Crippen LogP contribution >= 0.6 is 0 Å². The third kappa shape index (κ3) is 6.24. The number of ether oxygens (including phenoxy) is 1. The van der Waals surface area contributed by atoms with E-state index in [1.807, 2.05) is 36.9 Å². The SMILES string of the molecule is CCN(CC)C(=O)OC[n+]1cccc(CC(C)C)c1.[Cl-]. The molecule has 1 amide bonds. The van der Waals surface area contributed by atoms with E-state index in [0.29, 0.717) is 19.0 Å². The number of aromatic nitrogens is 1. The molecule has 1 aromatic heterocycles. The van der Waals surface area contributed by atoms with E-state index in [1.165, 1.54) is 5.56 Å². The van der Waals surface area contributed by atoms with Gasteiger partial charge in [0.05, 0.1) is 0 Å². The predicted molar refractivity (Wildman–Crippen MR) is 74.6 cm³/mol. The number of carbonyl (C=O) groups excluding carboxylic acids is 1. The van der Waals surface area contributed by atoms with Crippen molar-refractivity contribution in [3.05, 3.63) is 30.1 Å². The largest absolute Gasteiger partial charge is 1.00 e. The lowest BCUT2D eigenvalue weighted by molar-refractivity contribution is -0.727. The summed E-state index contributed by atoms with van der Waals surface area (Å²) in [7, 11) is 0. The zero-order valence-corrected chi connectivity index (χ0v) is 13.6. The van der Waals surface area contributed by atoms with E-state index in [2.05, 4.69) is 19.9 Å². The molecule has 0 saturated carbocycles. The van der Waals surface area contributed by atoms with Gasteiger partial charge in [-0.05, 0) is 32.3 Å². The smallest absolute Gasteiger partial charge is 0.414 e. The highest BCUT2D eigenvalue weighted by atomic mass is 35.5. The van der Waals surface area contributed by atoms with E-state index in [9.17, 15) is 4.79 Å². The first-order valence-corrected chi connectivity index (χ1v) is 6.96. The van der Waals surface area contributed by atoms with Gasteiger partial charge in [-0.3, -0.25) is 0 Å². The van der Waals surface area contributed by atoms with E-state index < -0.39 is 0 Å². The zero-order valence-electron chi connectivity index (χ0n) is 12.8. The van der Waals surface area contributed by atoms with Crippen molar-refractivity contribution in [2.75, 3.05) is 13.1 Å². The molecule has 0 aliphatic rings. The van der Waals surface area contributed by atoms with Gasteiger partial charge >= 0.3 is 6.09 Å². The second kappa shape index (κ2) is 9.59. The number of hydrogen-bond acceptors (Lipinski definition) is 2. The van der Waals surface area contributed by atoms with Gasteiger partial charge in [0.25, 0.3) is 6.73 Å². The van der Waals surface area contributed by atoms with Crippen LogP contribution in [0.2, 0.25) is 0 Å². The molecule has 1 heterocycles. The molecule has 0 saturated heterocycles. The molecule has 0 atom stereocenters. The van der Waals surface area contributed by atoms with E-state index in [4.69, 9.17) is 4.74 Å². The molecule has 0 fully saturated rings. The number of amides is 1. The molecule has 0 unspecified atom stereocenters. The molecule has 0 spiro atoms. The first-order valence-electron chi connectivity index (χ1n) is 6.96. The summed E-state index contributed by atoms with van der Waals surface area (Å²) in [4.78, 5) is 13.4. The van der Waals surface area contributed by atoms with Crippen LogP contribution in [0.4, 0.5) is 4.79 Å². The normalized spacial score (nSPS) is 10.1. The summed E-state index contributed by atoms with van der Waals surface area (Å²) in [6.45, 7) is 9.89. The maximum Gasteiger partial charge on any atom is 0.414 e. The van der Waals surface area contributed by atoms with Crippen LogP contribution in [-0.4, -0.2) is 24.1 Å². The number of pyridine rings is 1. The number of nitrogens with zero attached hydrogens (tertiary/aromatic N) is 2. The highest BCUT2D eigenvalue weighted by Gasteiger charge is 2.13. The second-order valence-electron chi connectivity index (χ2n) is 5.04. The van der Waals surface area contributed by atoms with Crippen LogP contribution in [0.3, 0.4) is 0 Å². The summed E-state index contributed by atoms with van der Waals surface area (Å²) < 4.78 is 7.18. The van der Waals surface area contributed by atoms with Gasteiger partial charge in [-0.15, -0.1) is 0 Å². The molecular weight excluding hydrogens is 276 g/mol. The average molecular weight is 301 g/mol.